The quantitative estimate of drug-likeness (QED) is 0.831. The van der Waals surface area contributed by atoms with E-state index in [2.05, 4.69) is 11.4 Å². The van der Waals surface area contributed by atoms with Gasteiger partial charge in [-0.05, 0) is 18.6 Å². The van der Waals surface area contributed by atoms with E-state index < -0.39 is 0 Å². The number of benzene rings is 1. The lowest BCUT2D eigenvalue weighted by Crippen LogP contribution is -2.55. The molecule has 1 unspecified atom stereocenters. The maximum Gasteiger partial charge on any atom is 0.242 e. The highest BCUT2D eigenvalue weighted by Crippen LogP contribution is 2.24. The van der Waals surface area contributed by atoms with Crippen molar-refractivity contribution in [3.05, 3.63) is 29.8 Å². The molecule has 0 radical (unpaired) electrons. The molecular formula is C13H15N3O. The van der Waals surface area contributed by atoms with Gasteiger partial charge in [0.15, 0.2) is 0 Å². The molecule has 1 heterocycles. The minimum Gasteiger partial charge on any atom is -0.357 e. The van der Waals surface area contributed by atoms with Crippen LogP contribution in [0, 0.1) is 11.3 Å². The Hall–Kier alpha value is -2.02. The van der Waals surface area contributed by atoms with Crippen molar-refractivity contribution in [3.8, 4) is 6.07 Å². The molecule has 0 bridgehead atoms. The zero-order chi connectivity index (χ0) is 12.3. The lowest BCUT2D eigenvalue weighted by Gasteiger charge is -2.36. The summed E-state index contributed by atoms with van der Waals surface area (Å²) in [7, 11) is 0. The molecule has 1 aliphatic rings. The van der Waals surface area contributed by atoms with Crippen molar-refractivity contribution >= 4 is 11.6 Å². The zero-order valence-corrected chi connectivity index (χ0v) is 9.81. The van der Waals surface area contributed by atoms with Crippen LogP contribution in [0.1, 0.15) is 18.9 Å². The number of hydrogen-bond donors (Lipinski definition) is 1. The first-order valence-electron chi connectivity index (χ1n) is 5.81. The molecule has 4 nitrogen and oxygen atoms in total. The molecule has 1 saturated heterocycles. The largest absolute Gasteiger partial charge is 0.357 e. The van der Waals surface area contributed by atoms with Crippen LogP contribution in [-0.4, -0.2) is 25.0 Å². The number of amides is 1. The summed E-state index contributed by atoms with van der Waals surface area (Å²) in [5, 5.41) is 12.0. The lowest BCUT2D eigenvalue weighted by molar-refractivity contribution is -0.123. The standard InChI is InChI=1S/C13H15N3O/c1-2-11-13(17)15-7-8-16(11)12-6-4-3-5-10(12)9-14/h3-6,11H,2,7-8H2,1H3,(H,15,17). The van der Waals surface area contributed by atoms with Crippen molar-refractivity contribution in [2.24, 2.45) is 0 Å². The molecule has 1 fully saturated rings. The van der Waals surface area contributed by atoms with Crippen LogP contribution >= 0.6 is 0 Å². The first kappa shape index (κ1) is 11.5. The van der Waals surface area contributed by atoms with E-state index in [1.807, 2.05) is 30.0 Å². The number of nitrogens with one attached hydrogen (secondary N) is 1. The summed E-state index contributed by atoms with van der Waals surface area (Å²) in [6.45, 7) is 3.37. The lowest BCUT2D eigenvalue weighted by atomic mass is 10.1. The molecule has 0 aromatic heterocycles. The van der Waals surface area contributed by atoms with Gasteiger partial charge in [-0.2, -0.15) is 5.26 Å². The Balaban J connectivity index is 2.37. The maximum atomic E-state index is 11.8. The molecule has 2 rings (SSSR count). The Morgan fingerprint density at radius 1 is 1.53 bits per heavy atom. The molecule has 0 spiro atoms. The fourth-order valence-electron chi connectivity index (χ4n) is 2.23. The van der Waals surface area contributed by atoms with Gasteiger partial charge in [0, 0.05) is 13.1 Å². The Bertz CT molecular complexity index is 464. The van der Waals surface area contributed by atoms with E-state index in [-0.39, 0.29) is 11.9 Å². The van der Waals surface area contributed by atoms with Crippen LogP contribution in [0.5, 0.6) is 0 Å². The van der Waals surface area contributed by atoms with Crippen LogP contribution < -0.4 is 10.2 Å². The first-order chi connectivity index (χ1) is 8.27. The number of nitriles is 1. The normalized spacial score (nSPS) is 19.6. The van der Waals surface area contributed by atoms with Crippen LogP contribution in [0.4, 0.5) is 5.69 Å². The number of para-hydroxylation sites is 1. The van der Waals surface area contributed by atoms with Crippen LogP contribution in [0.2, 0.25) is 0 Å². The predicted molar refractivity (Wildman–Crippen MR) is 65.6 cm³/mol. The summed E-state index contributed by atoms with van der Waals surface area (Å²) in [6.07, 6.45) is 0.742. The van der Waals surface area contributed by atoms with Crippen molar-refractivity contribution < 1.29 is 4.79 Å². The van der Waals surface area contributed by atoms with E-state index >= 15 is 0 Å². The molecule has 1 N–H and O–H groups in total. The second-order valence-corrected chi connectivity index (χ2v) is 4.04. The summed E-state index contributed by atoms with van der Waals surface area (Å²) in [6, 6.07) is 9.44. The van der Waals surface area contributed by atoms with E-state index in [9.17, 15) is 4.79 Å². The minimum absolute atomic E-state index is 0.0477. The van der Waals surface area contributed by atoms with E-state index in [4.69, 9.17) is 5.26 Å². The van der Waals surface area contributed by atoms with Crippen LogP contribution in [0.25, 0.3) is 0 Å². The summed E-state index contributed by atoms with van der Waals surface area (Å²) in [5.41, 5.74) is 1.48. The molecule has 88 valence electrons. The van der Waals surface area contributed by atoms with Gasteiger partial charge < -0.3 is 10.2 Å². The van der Waals surface area contributed by atoms with Gasteiger partial charge in [-0.15, -0.1) is 0 Å². The van der Waals surface area contributed by atoms with Crippen molar-refractivity contribution in [3.63, 3.8) is 0 Å². The van der Waals surface area contributed by atoms with Crippen molar-refractivity contribution in [1.82, 2.24) is 5.32 Å². The maximum absolute atomic E-state index is 11.8. The summed E-state index contributed by atoms with van der Waals surface area (Å²) in [5.74, 6) is 0.0477. The molecule has 0 aliphatic carbocycles. The Labute approximate surface area is 101 Å². The van der Waals surface area contributed by atoms with Crippen LogP contribution in [0.15, 0.2) is 24.3 Å². The SMILES string of the molecule is CCC1C(=O)NCCN1c1ccccc1C#N. The first-order valence-corrected chi connectivity index (χ1v) is 5.81. The Morgan fingerprint density at radius 2 is 2.29 bits per heavy atom. The van der Waals surface area contributed by atoms with Crippen LogP contribution in [-0.2, 0) is 4.79 Å². The topological polar surface area (TPSA) is 56.1 Å². The minimum atomic E-state index is -0.168. The molecule has 4 heteroatoms. The highest BCUT2D eigenvalue weighted by molar-refractivity contribution is 5.87. The smallest absolute Gasteiger partial charge is 0.242 e. The third kappa shape index (κ3) is 2.09. The zero-order valence-electron chi connectivity index (χ0n) is 9.81. The van der Waals surface area contributed by atoms with Gasteiger partial charge in [0.25, 0.3) is 0 Å². The molecular weight excluding hydrogens is 214 g/mol. The molecule has 17 heavy (non-hydrogen) atoms. The molecule has 1 aliphatic heterocycles. The van der Waals surface area contributed by atoms with E-state index in [1.165, 1.54) is 0 Å². The van der Waals surface area contributed by atoms with Gasteiger partial charge in [-0.1, -0.05) is 19.1 Å². The highest BCUT2D eigenvalue weighted by atomic mass is 16.2. The van der Waals surface area contributed by atoms with Gasteiger partial charge in [-0.3, -0.25) is 4.79 Å². The predicted octanol–water partition coefficient (Wildman–Crippen LogP) is 1.27. The van der Waals surface area contributed by atoms with Crippen molar-refractivity contribution in [2.45, 2.75) is 19.4 Å². The van der Waals surface area contributed by atoms with Gasteiger partial charge in [0.05, 0.1) is 11.3 Å². The summed E-state index contributed by atoms with van der Waals surface area (Å²) >= 11 is 0. The third-order valence-corrected chi connectivity index (χ3v) is 3.05. The molecule has 0 saturated carbocycles. The molecule has 1 aromatic rings. The van der Waals surface area contributed by atoms with E-state index in [1.54, 1.807) is 6.07 Å². The number of piperazine rings is 1. The molecule has 1 atom stereocenters. The van der Waals surface area contributed by atoms with Crippen LogP contribution in [0.3, 0.4) is 0 Å². The number of anilines is 1. The summed E-state index contributed by atoms with van der Waals surface area (Å²) in [4.78, 5) is 13.8. The van der Waals surface area contributed by atoms with Gasteiger partial charge >= 0.3 is 0 Å². The number of carbonyl (C=O) groups is 1. The van der Waals surface area contributed by atoms with Gasteiger partial charge in [0.1, 0.15) is 12.1 Å². The van der Waals surface area contributed by atoms with Crippen molar-refractivity contribution in [2.75, 3.05) is 18.0 Å². The average molecular weight is 229 g/mol. The number of rotatable bonds is 2. The second kappa shape index (κ2) is 4.88. The van der Waals surface area contributed by atoms with Gasteiger partial charge in [0.2, 0.25) is 5.91 Å². The van der Waals surface area contributed by atoms with E-state index in [0.717, 1.165) is 18.7 Å². The van der Waals surface area contributed by atoms with Gasteiger partial charge in [-0.25, -0.2) is 0 Å². The number of carbonyl (C=O) groups excluding carboxylic acids is 1. The third-order valence-electron chi connectivity index (χ3n) is 3.05. The summed E-state index contributed by atoms with van der Waals surface area (Å²) < 4.78 is 0. The average Bonchev–Trinajstić information content (AvgIpc) is 2.38. The Morgan fingerprint density at radius 3 is 3.00 bits per heavy atom. The monoisotopic (exact) mass is 229 g/mol. The second-order valence-electron chi connectivity index (χ2n) is 4.04. The molecule has 1 aromatic carbocycles. The molecule has 1 amide bonds. The van der Waals surface area contributed by atoms with E-state index in [0.29, 0.717) is 12.1 Å². The Kier molecular flexibility index (Phi) is 3.29. The fraction of sp³-hybridized carbons (Fsp3) is 0.385. The fourth-order valence-corrected chi connectivity index (χ4v) is 2.23. The number of nitrogens with zero attached hydrogens (tertiary/aromatic N) is 2. The highest BCUT2D eigenvalue weighted by Gasteiger charge is 2.29. The number of hydrogen-bond acceptors (Lipinski definition) is 3. The van der Waals surface area contributed by atoms with Crippen molar-refractivity contribution in [1.29, 1.82) is 5.26 Å².